The van der Waals surface area contributed by atoms with E-state index in [9.17, 15) is 4.79 Å². The van der Waals surface area contributed by atoms with Gasteiger partial charge in [0.1, 0.15) is 5.75 Å². The minimum Gasteiger partial charge on any atom is -0.497 e. The largest absolute Gasteiger partial charge is 0.497 e. The van der Waals surface area contributed by atoms with Crippen LogP contribution in [0.3, 0.4) is 0 Å². The first kappa shape index (κ1) is 20.8. The highest BCUT2D eigenvalue weighted by atomic mass is 35.5. The van der Waals surface area contributed by atoms with E-state index in [-0.39, 0.29) is 11.1 Å². The number of hydrogen-bond acceptors (Lipinski definition) is 6. The number of thioether (sulfide) groups is 1. The van der Waals surface area contributed by atoms with Crippen molar-refractivity contribution in [2.45, 2.75) is 17.4 Å². The number of hydrogen-bond donors (Lipinski definition) is 1. The average Bonchev–Trinajstić information content (AvgIpc) is 3.14. The van der Waals surface area contributed by atoms with Gasteiger partial charge in [0.2, 0.25) is 11.8 Å². The van der Waals surface area contributed by atoms with Crippen LogP contribution in [-0.4, -0.2) is 28.5 Å². The predicted octanol–water partition coefficient (Wildman–Crippen LogP) is 5.82. The van der Waals surface area contributed by atoms with E-state index >= 15 is 0 Å². The summed E-state index contributed by atoms with van der Waals surface area (Å²) in [6.45, 7) is 1.71. The maximum absolute atomic E-state index is 12.4. The number of nitrogens with one attached hydrogen (secondary N) is 1. The lowest BCUT2D eigenvalue weighted by Crippen LogP contribution is -2.22. The second kappa shape index (κ2) is 9.05. The highest BCUT2D eigenvalue weighted by Gasteiger charge is 2.20. The van der Waals surface area contributed by atoms with Crippen molar-refractivity contribution in [1.29, 1.82) is 0 Å². The van der Waals surface area contributed by atoms with Gasteiger partial charge >= 0.3 is 0 Å². The third-order valence-corrected chi connectivity index (χ3v) is 5.63. The molecular weight excluding hydrogens is 445 g/mol. The number of methoxy groups -OCH3 is 1. The van der Waals surface area contributed by atoms with Crippen LogP contribution in [-0.2, 0) is 4.79 Å². The zero-order valence-electron chi connectivity index (χ0n) is 14.7. The van der Waals surface area contributed by atoms with Crippen LogP contribution in [0.5, 0.6) is 5.75 Å². The summed E-state index contributed by atoms with van der Waals surface area (Å²) in [5.74, 6) is 0.781. The molecule has 0 saturated carbocycles. The molecule has 1 unspecified atom stereocenters. The Labute approximate surface area is 180 Å². The summed E-state index contributed by atoms with van der Waals surface area (Å²) in [6, 6.07) is 10.2. The van der Waals surface area contributed by atoms with Gasteiger partial charge in [-0.3, -0.25) is 4.79 Å². The van der Waals surface area contributed by atoms with E-state index < -0.39 is 5.25 Å². The van der Waals surface area contributed by atoms with Gasteiger partial charge < -0.3 is 14.5 Å². The van der Waals surface area contributed by atoms with Crippen LogP contribution in [0.1, 0.15) is 6.92 Å². The van der Waals surface area contributed by atoms with Crippen molar-refractivity contribution in [2.24, 2.45) is 0 Å². The second-order valence-corrected chi connectivity index (χ2v) is 8.11. The van der Waals surface area contributed by atoms with Crippen LogP contribution in [0, 0.1) is 0 Å². The fourth-order valence-electron chi connectivity index (χ4n) is 2.17. The van der Waals surface area contributed by atoms with Crippen LogP contribution in [0.4, 0.5) is 5.69 Å². The molecule has 0 bridgehead atoms. The zero-order valence-corrected chi connectivity index (χ0v) is 17.8. The second-order valence-electron chi connectivity index (χ2n) is 5.60. The molecular formula is C18H14Cl3N3O3S. The third-order valence-electron chi connectivity index (χ3n) is 3.66. The molecule has 10 heteroatoms. The van der Waals surface area contributed by atoms with Crippen molar-refractivity contribution in [1.82, 2.24) is 10.2 Å². The molecule has 146 valence electrons. The van der Waals surface area contributed by atoms with Gasteiger partial charge in [-0.25, -0.2) is 0 Å². The number of nitrogens with zero attached hydrogens (tertiary/aromatic N) is 2. The summed E-state index contributed by atoms with van der Waals surface area (Å²) in [6.07, 6.45) is 0. The number of benzene rings is 2. The molecule has 1 amide bonds. The van der Waals surface area contributed by atoms with Crippen molar-refractivity contribution in [2.75, 3.05) is 12.4 Å². The molecule has 1 aromatic heterocycles. The number of aromatic nitrogens is 2. The molecule has 6 nitrogen and oxygen atoms in total. The molecule has 0 fully saturated rings. The molecule has 0 spiro atoms. The quantitative estimate of drug-likeness (QED) is 0.370. The van der Waals surface area contributed by atoms with Crippen molar-refractivity contribution in [3.8, 4) is 17.2 Å². The van der Waals surface area contributed by atoms with E-state index in [4.69, 9.17) is 44.0 Å². The topological polar surface area (TPSA) is 77.2 Å². The van der Waals surface area contributed by atoms with Gasteiger partial charge in [0, 0.05) is 5.56 Å². The standard InChI is InChI=1S/C18H14Cl3N3O3S/c1-9(16(25)22-15-8-13(20)12(19)7-14(15)21)28-18-24-23-17(27-18)10-3-5-11(26-2)6-4-10/h3-9H,1-2H3,(H,22,25). The first-order valence-corrected chi connectivity index (χ1v) is 9.98. The van der Waals surface area contributed by atoms with E-state index in [0.29, 0.717) is 26.6 Å². The van der Waals surface area contributed by atoms with Crippen molar-refractivity contribution >= 4 is 58.2 Å². The minimum absolute atomic E-state index is 0.272. The molecule has 0 saturated heterocycles. The number of ether oxygens (including phenoxy) is 1. The first-order valence-electron chi connectivity index (χ1n) is 7.97. The molecule has 2 aromatic carbocycles. The average molecular weight is 459 g/mol. The van der Waals surface area contributed by atoms with Crippen LogP contribution >= 0.6 is 46.6 Å². The van der Waals surface area contributed by atoms with Gasteiger partial charge in [-0.05, 0) is 43.3 Å². The summed E-state index contributed by atoms with van der Waals surface area (Å²) in [5.41, 5.74) is 1.12. The number of amides is 1. The molecule has 0 aliphatic carbocycles. The normalized spacial score (nSPS) is 11.9. The van der Waals surface area contributed by atoms with Crippen LogP contribution in [0.2, 0.25) is 15.1 Å². The lowest BCUT2D eigenvalue weighted by Gasteiger charge is -2.12. The Kier molecular flexibility index (Phi) is 6.72. The summed E-state index contributed by atoms with van der Waals surface area (Å²) in [7, 11) is 1.59. The Morgan fingerprint density at radius 2 is 1.79 bits per heavy atom. The molecule has 1 heterocycles. The maximum Gasteiger partial charge on any atom is 0.277 e. The Hall–Kier alpha value is -1.93. The SMILES string of the molecule is COc1ccc(-c2nnc(SC(C)C(=O)Nc3cc(Cl)c(Cl)cc3Cl)o2)cc1. The van der Waals surface area contributed by atoms with Gasteiger partial charge in [0.15, 0.2) is 0 Å². The highest BCUT2D eigenvalue weighted by molar-refractivity contribution is 8.00. The Balaban J connectivity index is 1.66. The lowest BCUT2D eigenvalue weighted by molar-refractivity contribution is -0.115. The summed E-state index contributed by atoms with van der Waals surface area (Å²) in [4.78, 5) is 12.4. The van der Waals surface area contributed by atoms with E-state index in [1.165, 1.54) is 12.1 Å². The molecule has 3 rings (SSSR count). The number of rotatable bonds is 6. The van der Waals surface area contributed by atoms with E-state index in [1.807, 2.05) is 12.1 Å². The summed E-state index contributed by atoms with van der Waals surface area (Å²) < 4.78 is 10.7. The monoisotopic (exact) mass is 457 g/mol. The highest BCUT2D eigenvalue weighted by Crippen LogP contribution is 2.33. The van der Waals surface area contributed by atoms with Gasteiger partial charge in [-0.1, -0.05) is 46.6 Å². The van der Waals surface area contributed by atoms with Gasteiger partial charge in [-0.15, -0.1) is 10.2 Å². The molecule has 0 aliphatic rings. The number of carbonyl (C=O) groups is 1. The lowest BCUT2D eigenvalue weighted by atomic mass is 10.2. The van der Waals surface area contributed by atoms with E-state index in [2.05, 4.69) is 15.5 Å². The molecule has 1 N–H and O–H groups in total. The van der Waals surface area contributed by atoms with Crippen molar-refractivity contribution < 1.29 is 13.9 Å². The third kappa shape index (κ3) is 4.91. The van der Waals surface area contributed by atoms with Gasteiger partial charge in [-0.2, -0.15) is 0 Å². The number of halogens is 3. The smallest absolute Gasteiger partial charge is 0.277 e. The van der Waals surface area contributed by atoms with Crippen LogP contribution in [0.25, 0.3) is 11.5 Å². The number of carbonyl (C=O) groups excluding carboxylic acids is 1. The predicted molar refractivity (Wildman–Crippen MR) is 112 cm³/mol. The van der Waals surface area contributed by atoms with Gasteiger partial charge in [0.25, 0.3) is 5.22 Å². The molecule has 28 heavy (non-hydrogen) atoms. The minimum atomic E-state index is -0.519. The van der Waals surface area contributed by atoms with E-state index in [0.717, 1.165) is 23.1 Å². The fourth-order valence-corrected chi connectivity index (χ4v) is 3.44. The number of anilines is 1. The molecule has 3 aromatic rings. The first-order chi connectivity index (χ1) is 13.4. The van der Waals surface area contributed by atoms with Crippen LogP contribution < -0.4 is 10.1 Å². The fraction of sp³-hybridized carbons (Fsp3) is 0.167. The van der Waals surface area contributed by atoms with Gasteiger partial charge in [0.05, 0.1) is 33.1 Å². The van der Waals surface area contributed by atoms with E-state index in [1.54, 1.807) is 26.2 Å². The Morgan fingerprint density at radius 3 is 2.46 bits per heavy atom. The van der Waals surface area contributed by atoms with Crippen molar-refractivity contribution in [3.05, 3.63) is 51.5 Å². The van der Waals surface area contributed by atoms with Crippen LogP contribution in [0.15, 0.2) is 46.0 Å². The van der Waals surface area contributed by atoms with Crippen molar-refractivity contribution in [3.63, 3.8) is 0 Å². The summed E-state index contributed by atoms with van der Waals surface area (Å²) >= 11 is 19.1. The summed E-state index contributed by atoms with van der Waals surface area (Å²) in [5, 5.41) is 11.3. The maximum atomic E-state index is 12.4. The zero-order chi connectivity index (χ0) is 20.3. The molecule has 0 aliphatic heterocycles. The molecule has 0 radical (unpaired) electrons. The molecule has 1 atom stereocenters. The Morgan fingerprint density at radius 1 is 1.11 bits per heavy atom. The Bertz CT molecular complexity index is 995.